The Morgan fingerprint density at radius 3 is 2.08 bits per heavy atom. The van der Waals surface area contributed by atoms with Crippen molar-refractivity contribution in [2.24, 2.45) is 0 Å². The largest absolute Gasteiger partial charge is 0.422 e. The summed E-state index contributed by atoms with van der Waals surface area (Å²) in [5.41, 5.74) is -3.91. The van der Waals surface area contributed by atoms with Crippen molar-refractivity contribution in [2.75, 3.05) is 5.32 Å². The monoisotopic (exact) mass is 433 g/mol. The molecule has 0 aliphatic carbocycles. The maximum atomic E-state index is 13.7. The first kappa shape index (κ1) is 19.2. The van der Waals surface area contributed by atoms with Gasteiger partial charge in [0, 0.05) is 0 Å². The lowest BCUT2D eigenvalue weighted by Crippen LogP contribution is -2.24. The van der Waals surface area contributed by atoms with E-state index in [4.69, 9.17) is 0 Å². The molecule has 1 heterocycles. The quantitative estimate of drug-likeness (QED) is 0.583. The van der Waals surface area contributed by atoms with Crippen LogP contribution in [0.25, 0.3) is 0 Å². The van der Waals surface area contributed by atoms with Gasteiger partial charge in [-0.15, -0.1) is 0 Å². The Morgan fingerprint density at radius 1 is 1.16 bits per heavy atom. The predicted molar refractivity (Wildman–Crippen MR) is 74.6 cm³/mol. The fourth-order valence-electron chi connectivity index (χ4n) is 1.89. The van der Waals surface area contributed by atoms with Gasteiger partial charge in [0.2, 0.25) is 5.91 Å². The summed E-state index contributed by atoms with van der Waals surface area (Å²) < 4.78 is 93.4. The SMILES string of the molecule is Cc1c(Br)cnn1CC(=O)Nc1c(F)c(F)c(C(F)(F)F)c(F)c1F. The van der Waals surface area contributed by atoms with Gasteiger partial charge in [0.25, 0.3) is 0 Å². The van der Waals surface area contributed by atoms with Crippen LogP contribution in [0.5, 0.6) is 0 Å². The summed E-state index contributed by atoms with van der Waals surface area (Å²) in [5, 5.41) is 5.26. The zero-order valence-electron chi connectivity index (χ0n) is 12.1. The van der Waals surface area contributed by atoms with E-state index in [1.807, 2.05) is 0 Å². The van der Waals surface area contributed by atoms with E-state index < -0.39 is 53.1 Å². The fourth-order valence-corrected chi connectivity index (χ4v) is 2.18. The van der Waals surface area contributed by atoms with E-state index in [0.29, 0.717) is 10.2 Å². The van der Waals surface area contributed by atoms with Crippen LogP contribution in [0.3, 0.4) is 0 Å². The van der Waals surface area contributed by atoms with Crippen molar-refractivity contribution >= 4 is 27.5 Å². The van der Waals surface area contributed by atoms with E-state index >= 15 is 0 Å². The molecule has 0 aliphatic rings. The molecule has 2 rings (SSSR count). The number of carbonyl (C=O) groups is 1. The van der Waals surface area contributed by atoms with Gasteiger partial charge >= 0.3 is 6.18 Å². The molecule has 4 nitrogen and oxygen atoms in total. The van der Waals surface area contributed by atoms with Crippen LogP contribution in [-0.2, 0) is 17.5 Å². The van der Waals surface area contributed by atoms with Crippen LogP contribution in [0.1, 0.15) is 11.3 Å². The number of halogens is 8. The van der Waals surface area contributed by atoms with Crippen molar-refractivity contribution in [3.8, 4) is 0 Å². The molecule has 1 aromatic carbocycles. The van der Waals surface area contributed by atoms with Crippen LogP contribution in [0.2, 0.25) is 0 Å². The third-order valence-corrected chi connectivity index (χ3v) is 3.93. The maximum absolute atomic E-state index is 13.7. The Morgan fingerprint density at radius 2 is 1.68 bits per heavy atom. The van der Waals surface area contributed by atoms with Crippen LogP contribution >= 0.6 is 15.9 Å². The molecule has 1 aromatic heterocycles. The van der Waals surface area contributed by atoms with Gasteiger partial charge in [0.1, 0.15) is 17.8 Å². The first-order chi connectivity index (χ1) is 11.4. The lowest BCUT2D eigenvalue weighted by atomic mass is 10.1. The number of hydrogen-bond donors (Lipinski definition) is 1. The zero-order valence-corrected chi connectivity index (χ0v) is 13.7. The van der Waals surface area contributed by atoms with Crippen molar-refractivity contribution < 1.29 is 35.5 Å². The Balaban J connectivity index is 2.37. The van der Waals surface area contributed by atoms with Crippen molar-refractivity contribution in [1.29, 1.82) is 0 Å². The van der Waals surface area contributed by atoms with Gasteiger partial charge in [0.05, 0.1) is 16.4 Å². The predicted octanol–water partition coefficient (Wildman–Crippen LogP) is 4.17. The topological polar surface area (TPSA) is 46.9 Å². The first-order valence-electron chi connectivity index (χ1n) is 6.36. The summed E-state index contributed by atoms with van der Waals surface area (Å²) in [7, 11) is 0. The molecule has 1 N–H and O–H groups in total. The van der Waals surface area contributed by atoms with E-state index in [-0.39, 0.29) is 0 Å². The second-order valence-corrected chi connectivity index (χ2v) is 5.64. The van der Waals surface area contributed by atoms with Crippen molar-refractivity contribution in [1.82, 2.24) is 9.78 Å². The summed E-state index contributed by atoms with van der Waals surface area (Å²) in [6.07, 6.45) is -4.34. The number of carbonyl (C=O) groups excluding carboxylic acids is 1. The molecule has 2 aromatic rings. The van der Waals surface area contributed by atoms with E-state index in [1.165, 1.54) is 11.5 Å². The van der Waals surface area contributed by atoms with Crippen molar-refractivity contribution in [2.45, 2.75) is 19.6 Å². The Hall–Kier alpha value is -2.11. The summed E-state index contributed by atoms with van der Waals surface area (Å²) in [6.45, 7) is 0.948. The van der Waals surface area contributed by atoms with Gasteiger partial charge in [-0.25, -0.2) is 17.6 Å². The van der Waals surface area contributed by atoms with E-state index in [9.17, 15) is 35.5 Å². The van der Waals surface area contributed by atoms with Crippen molar-refractivity contribution in [3.05, 3.63) is 45.2 Å². The normalized spacial score (nSPS) is 11.7. The molecule has 136 valence electrons. The van der Waals surface area contributed by atoms with Crippen molar-refractivity contribution in [3.63, 3.8) is 0 Å². The van der Waals surface area contributed by atoms with Gasteiger partial charge < -0.3 is 5.32 Å². The number of hydrogen-bond acceptors (Lipinski definition) is 2. The molecule has 25 heavy (non-hydrogen) atoms. The van der Waals surface area contributed by atoms with E-state index in [1.54, 1.807) is 6.92 Å². The molecule has 0 unspecified atom stereocenters. The Kier molecular flexibility index (Phi) is 5.11. The molecule has 12 heteroatoms. The van der Waals surface area contributed by atoms with Crippen LogP contribution in [0.4, 0.5) is 36.4 Å². The van der Waals surface area contributed by atoms with Crippen LogP contribution in [-0.4, -0.2) is 15.7 Å². The van der Waals surface area contributed by atoms with Gasteiger partial charge in [-0.3, -0.25) is 9.48 Å². The molecule has 0 fully saturated rings. The second-order valence-electron chi connectivity index (χ2n) is 4.79. The molecule has 0 saturated heterocycles. The minimum Gasteiger partial charge on any atom is -0.319 e. The summed E-state index contributed by atoms with van der Waals surface area (Å²) in [6, 6.07) is 0. The smallest absolute Gasteiger partial charge is 0.319 e. The number of aromatic nitrogens is 2. The van der Waals surface area contributed by atoms with Crippen LogP contribution in [0, 0.1) is 30.2 Å². The number of anilines is 1. The number of amides is 1. The minimum atomic E-state index is -5.66. The van der Waals surface area contributed by atoms with Gasteiger partial charge in [-0.2, -0.15) is 18.3 Å². The maximum Gasteiger partial charge on any atom is 0.422 e. The highest BCUT2D eigenvalue weighted by atomic mass is 79.9. The van der Waals surface area contributed by atoms with Crippen LogP contribution in [0.15, 0.2) is 10.7 Å². The Labute approximate surface area is 143 Å². The Bertz CT molecular complexity index is 818. The molecular weight excluding hydrogens is 427 g/mol. The number of benzene rings is 1. The second kappa shape index (κ2) is 6.65. The molecule has 0 saturated carbocycles. The highest BCUT2D eigenvalue weighted by Gasteiger charge is 2.42. The van der Waals surface area contributed by atoms with Gasteiger partial charge in [0.15, 0.2) is 23.3 Å². The fraction of sp³-hybridized carbons (Fsp3) is 0.231. The number of nitrogens with one attached hydrogen (secondary N) is 1. The van der Waals surface area contributed by atoms with E-state index in [0.717, 1.165) is 4.68 Å². The summed E-state index contributed by atoms with van der Waals surface area (Å²) in [4.78, 5) is 11.8. The lowest BCUT2D eigenvalue weighted by molar-refractivity contribution is -0.143. The number of rotatable bonds is 3. The average molecular weight is 434 g/mol. The van der Waals surface area contributed by atoms with Gasteiger partial charge in [-0.1, -0.05) is 0 Å². The zero-order chi connectivity index (χ0) is 19.1. The molecule has 0 aliphatic heterocycles. The molecule has 0 atom stereocenters. The number of nitrogens with zero attached hydrogens (tertiary/aromatic N) is 2. The van der Waals surface area contributed by atoms with Gasteiger partial charge in [-0.05, 0) is 22.9 Å². The highest BCUT2D eigenvalue weighted by Crippen LogP contribution is 2.38. The summed E-state index contributed by atoms with van der Waals surface area (Å²) >= 11 is 3.10. The summed E-state index contributed by atoms with van der Waals surface area (Å²) in [5.74, 6) is -11.2. The molecule has 1 amide bonds. The van der Waals surface area contributed by atoms with E-state index in [2.05, 4.69) is 21.0 Å². The minimum absolute atomic E-state index is 0.459. The highest BCUT2D eigenvalue weighted by molar-refractivity contribution is 9.10. The third kappa shape index (κ3) is 3.62. The molecule has 0 spiro atoms. The van der Waals surface area contributed by atoms with Crippen LogP contribution < -0.4 is 5.32 Å². The molecule has 0 radical (unpaired) electrons. The first-order valence-corrected chi connectivity index (χ1v) is 7.15. The standard InChI is InChI=1S/C13H7BrF7N3O/c1-4-5(14)2-22-24(4)3-6(25)23-12-10(17)8(15)7(13(19,20)21)9(16)11(12)18/h2H,3H2,1H3,(H,23,25). The lowest BCUT2D eigenvalue weighted by Gasteiger charge is -2.14. The third-order valence-electron chi connectivity index (χ3n) is 3.15. The molecule has 0 bridgehead atoms. The number of alkyl halides is 3. The molecular formula is C13H7BrF7N3O. The average Bonchev–Trinajstić information content (AvgIpc) is 2.80.